The molecular formula is C30H33FN4O3. The fourth-order valence-electron chi connectivity index (χ4n) is 4.37. The second-order valence-electron chi connectivity index (χ2n) is 9.24. The lowest BCUT2D eigenvalue weighted by molar-refractivity contribution is -0.139. The fraction of sp³-hybridized carbons (Fsp3) is 0.300. The van der Waals surface area contributed by atoms with E-state index < -0.39 is 0 Å². The van der Waals surface area contributed by atoms with Crippen molar-refractivity contribution in [3.8, 4) is 16.9 Å². The van der Waals surface area contributed by atoms with Gasteiger partial charge in [-0.2, -0.15) is 5.10 Å². The standard InChI is InChI=1S/C30H33FN4O3/c1-3-5-10-22(4-2)30(37)34(20-26-13-9-18-38-26)21-29(36)32-28-19-27(23-11-7-6-8-12-23)33-35(28)25-16-14-24(31)15-17-25/h6-9,11-19,22H,3-5,10,20-21H2,1-2H3,(H,32,36). The topological polar surface area (TPSA) is 80.4 Å². The number of rotatable bonds is 12. The molecule has 4 rings (SSSR count). The summed E-state index contributed by atoms with van der Waals surface area (Å²) in [6.07, 6.45) is 4.98. The second kappa shape index (κ2) is 12.9. The van der Waals surface area contributed by atoms with E-state index in [9.17, 15) is 14.0 Å². The molecule has 0 bridgehead atoms. The Hall–Kier alpha value is -4.20. The number of hydrogen-bond donors (Lipinski definition) is 1. The van der Waals surface area contributed by atoms with Gasteiger partial charge in [0, 0.05) is 17.5 Å². The molecule has 7 nitrogen and oxygen atoms in total. The van der Waals surface area contributed by atoms with Crippen LogP contribution in [-0.4, -0.2) is 33.0 Å². The Bertz CT molecular complexity index is 1320. The molecule has 1 N–H and O–H groups in total. The number of unbranched alkanes of at least 4 members (excludes halogenated alkanes) is 1. The fourth-order valence-corrected chi connectivity index (χ4v) is 4.37. The summed E-state index contributed by atoms with van der Waals surface area (Å²) in [7, 11) is 0. The van der Waals surface area contributed by atoms with E-state index in [0.29, 0.717) is 29.4 Å². The third kappa shape index (κ3) is 6.76. The molecule has 0 radical (unpaired) electrons. The Kier molecular flexibility index (Phi) is 9.08. The molecule has 0 aliphatic heterocycles. The molecule has 2 aromatic heterocycles. The lowest BCUT2D eigenvalue weighted by Crippen LogP contribution is -2.41. The van der Waals surface area contributed by atoms with Crippen LogP contribution in [0.3, 0.4) is 0 Å². The molecule has 0 aliphatic carbocycles. The van der Waals surface area contributed by atoms with Crippen LogP contribution in [0.2, 0.25) is 0 Å². The highest BCUT2D eigenvalue weighted by Crippen LogP contribution is 2.25. The van der Waals surface area contributed by atoms with Gasteiger partial charge in [-0.05, 0) is 49.2 Å². The number of carbonyl (C=O) groups is 2. The number of amides is 2. The number of furan rings is 1. The number of halogens is 1. The highest BCUT2D eigenvalue weighted by atomic mass is 19.1. The quantitative estimate of drug-likeness (QED) is 0.234. The van der Waals surface area contributed by atoms with E-state index in [2.05, 4.69) is 17.3 Å². The van der Waals surface area contributed by atoms with E-state index in [1.54, 1.807) is 46.2 Å². The van der Waals surface area contributed by atoms with Gasteiger partial charge in [0.25, 0.3) is 0 Å². The molecule has 1 atom stereocenters. The van der Waals surface area contributed by atoms with E-state index in [4.69, 9.17) is 4.42 Å². The molecule has 0 fully saturated rings. The molecule has 4 aromatic rings. The van der Waals surface area contributed by atoms with Crippen LogP contribution < -0.4 is 5.32 Å². The van der Waals surface area contributed by atoms with Crippen LogP contribution in [-0.2, 0) is 16.1 Å². The molecular weight excluding hydrogens is 483 g/mol. The van der Waals surface area contributed by atoms with Gasteiger partial charge in [-0.25, -0.2) is 9.07 Å². The molecule has 1 unspecified atom stereocenters. The SMILES string of the molecule is CCCCC(CC)C(=O)N(CC(=O)Nc1cc(-c2ccccc2)nn1-c1ccc(F)cc1)Cc1ccco1. The molecule has 2 heterocycles. The highest BCUT2D eigenvalue weighted by molar-refractivity contribution is 5.95. The summed E-state index contributed by atoms with van der Waals surface area (Å²) in [6, 6.07) is 20.8. The van der Waals surface area contributed by atoms with Gasteiger partial charge >= 0.3 is 0 Å². The first-order valence-electron chi connectivity index (χ1n) is 13.0. The third-order valence-electron chi connectivity index (χ3n) is 6.44. The van der Waals surface area contributed by atoms with Crippen LogP contribution in [0.15, 0.2) is 83.5 Å². The van der Waals surface area contributed by atoms with Gasteiger partial charge in [0.05, 0.1) is 24.2 Å². The molecule has 0 saturated carbocycles. The minimum atomic E-state index is -0.365. The Morgan fingerprint density at radius 2 is 1.82 bits per heavy atom. The van der Waals surface area contributed by atoms with Crippen LogP contribution in [0.5, 0.6) is 0 Å². The average molecular weight is 517 g/mol. The van der Waals surface area contributed by atoms with Gasteiger partial charge < -0.3 is 14.6 Å². The summed E-state index contributed by atoms with van der Waals surface area (Å²) in [4.78, 5) is 28.3. The molecule has 0 saturated heterocycles. The smallest absolute Gasteiger partial charge is 0.245 e. The Labute approximate surface area is 222 Å². The number of carbonyl (C=O) groups excluding carboxylic acids is 2. The number of benzene rings is 2. The van der Waals surface area contributed by atoms with E-state index in [0.717, 1.165) is 24.8 Å². The van der Waals surface area contributed by atoms with Crippen molar-refractivity contribution >= 4 is 17.6 Å². The van der Waals surface area contributed by atoms with Gasteiger partial charge in [0.1, 0.15) is 23.9 Å². The Balaban J connectivity index is 1.59. The number of nitrogens with one attached hydrogen (secondary N) is 1. The van der Waals surface area contributed by atoms with Crippen molar-refractivity contribution in [2.75, 3.05) is 11.9 Å². The van der Waals surface area contributed by atoms with Crippen LogP contribution in [0.4, 0.5) is 10.2 Å². The molecule has 198 valence electrons. The molecule has 0 spiro atoms. The second-order valence-corrected chi connectivity index (χ2v) is 9.24. The zero-order valence-electron chi connectivity index (χ0n) is 21.8. The number of nitrogens with zero attached hydrogens (tertiary/aromatic N) is 3. The molecule has 2 amide bonds. The molecule has 0 aliphatic rings. The zero-order valence-corrected chi connectivity index (χ0v) is 21.8. The predicted molar refractivity (Wildman–Crippen MR) is 145 cm³/mol. The minimum Gasteiger partial charge on any atom is -0.467 e. The first-order chi connectivity index (χ1) is 18.5. The highest BCUT2D eigenvalue weighted by Gasteiger charge is 2.26. The number of aromatic nitrogens is 2. The van der Waals surface area contributed by atoms with Crippen molar-refractivity contribution in [1.82, 2.24) is 14.7 Å². The summed E-state index contributed by atoms with van der Waals surface area (Å²) in [5, 5.41) is 7.59. The third-order valence-corrected chi connectivity index (χ3v) is 6.44. The summed E-state index contributed by atoms with van der Waals surface area (Å²) in [6.45, 7) is 4.15. The maximum Gasteiger partial charge on any atom is 0.245 e. The van der Waals surface area contributed by atoms with Crippen molar-refractivity contribution in [3.63, 3.8) is 0 Å². The summed E-state index contributed by atoms with van der Waals surface area (Å²) in [5.41, 5.74) is 2.12. The van der Waals surface area contributed by atoms with Crippen molar-refractivity contribution < 1.29 is 18.4 Å². The van der Waals surface area contributed by atoms with E-state index in [-0.39, 0.29) is 36.6 Å². The molecule has 38 heavy (non-hydrogen) atoms. The predicted octanol–water partition coefficient (Wildman–Crippen LogP) is 6.46. The maximum absolute atomic E-state index is 13.6. The van der Waals surface area contributed by atoms with Crippen molar-refractivity contribution in [2.45, 2.75) is 46.1 Å². The van der Waals surface area contributed by atoms with Gasteiger partial charge in [-0.1, -0.05) is 57.0 Å². The number of anilines is 1. The summed E-state index contributed by atoms with van der Waals surface area (Å²) < 4.78 is 20.6. The van der Waals surface area contributed by atoms with Crippen LogP contribution in [0.1, 0.15) is 45.3 Å². The molecule has 8 heteroatoms. The lowest BCUT2D eigenvalue weighted by Gasteiger charge is -2.26. The Morgan fingerprint density at radius 1 is 1.05 bits per heavy atom. The van der Waals surface area contributed by atoms with Gasteiger partial charge in [-0.15, -0.1) is 0 Å². The monoisotopic (exact) mass is 516 g/mol. The molecule has 2 aromatic carbocycles. The van der Waals surface area contributed by atoms with E-state index in [1.165, 1.54) is 12.1 Å². The zero-order chi connectivity index (χ0) is 26.9. The minimum absolute atomic E-state index is 0.0653. The normalized spacial score (nSPS) is 11.8. The summed E-state index contributed by atoms with van der Waals surface area (Å²) >= 11 is 0. The largest absolute Gasteiger partial charge is 0.467 e. The van der Waals surface area contributed by atoms with Crippen LogP contribution in [0.25, 0.3) is 16.9 Å². The first-order valence-corrected chi connectivity index (χ1v) is 13.0. The van der Waals surface area contributed by atoms with Gasteiger partial charge in [0.2, 0.25) is 11.8 Å². The van der Waals surface area contributed by atoms with Gasteiger partial charge in [0.15, 0.2) is 0 Å². The van der Waals surface area contributed by atoms with Gasteiger partial charge in [-0.3, -0.25) is 9.59 Å². The van der Waals surface area contributed by atoms with E-state index >= 15 is 0 Å². The van der Waals surface area contributed by atoms with Crippen molar-refractivity contribution in [1.29, 1.82) is 0 Å². The average Bonchev–Trinajstić information content (AvgIpc) is 3.60. The number of hydrogen-bond acceptors (Lipinski definition) is 4. The van der Waals surface area contributed by atoms with Crippen LogP contribution in [0, 0.1) is 11.7 Å². The van der Waals surface area contributed by atoms with Crippen LogP contribution >= 0.6 is 0 Å². The first kappa shape index (κ1) is 26.9. The maximum atomic E-state index is 13.6. The van der Waals surface area contributed by atoms with Crippen molar-refractivity contribution in [3.05, 3.63) is 90.6 Å². The van der Waals surface area contributed by atoms with E-state index in [1.807, 2.05) is 37.3 Å². The lowest BCUT2D eigenvalue weighted by atomic mass is 9.97. The summed E-state index contributed by atoms with van der Waals surface area (Å²) in [5.74, 6) is 0.0771. The Morgan fingerprint density at radius 3 is 2.47 bits per heavy atom. The van der Waals surface area contributed by atoms with Crippen molar-refractivity contribution in [2.24, 2.45) is 5.92 Å².